The van der Waals surface area contributed by atoms with Crippen molar-refractivity contribution in [3.05, 3.63) is 64.7 Å². The number of rotatable bonds is 8. The predicted octanol–water partition coefficient (Wildman–Crippen LogP) is 3.93. The van der Waals surface area contributed by atoms with Crippen LogP contribution in [0.25, 0.3) is 0 Å². The molecule has 0 unspecified atom stereocenters. The molecule has 1 aromatic carbocycles. The number of amidine groups is 1. The zero-order chi connectivity index (χ0) is 23.0. The maximum Gasteiger partial charge on any atom is 0.262 e. The van der Waals surface area contributed by atoms with Gasteiger partial charge in [0.2, 0.25) is 0 Å². The summed E-state index contributed by atoms with van der Waals surface area (Å²) in [6.07, 6.45) is 6.03. The maximum absolute atomic E-state index is 12.5. The highest BCUT2D eigenvalue weighted by atomic mass is 16.5. The third kappa shape index (κ3) is 6.23. The zero-order valence-electron chi connectivity index (χ0n) is 18.6. The number of hydrogen-bond donors (Lipinski definition) is 3. The lowest BCUT2D eigenvalue weighted by Gasteiger charge is -2.20. The van der Waals surface area contributed by atoms with E-state index in [1.54, 1.807) is 24.3 Å². The summed E-state index contributed by atoms with van der Waals surface area (Å²) in [5.74, 6) is -1.00. The number of aliphatic imine (C=N–C) groups is 1. The zero-order valence-corrected chi connectivity index (χ0v) is 18.6. The van der Waals surface area contributed by atoms with E-state index in [4.69, 9.17) is 10.1 Å². The number of anilines is 2. The second-order valence-corrected chi connectivity index (χ2v) is 7.15. The molecule has 0 aliphatic carbocycles. The van der Waals surface area contributed by atoms with Crippen LogP contribution in [0.15, 0.2) is 47.4 Å². The molecule has 0 atom stereocenters. The van der Waals surface area contributed by atoms with E-state index in [-0.39, 0.29) is 11.4 Å². The number of carbonyl (C=O) groups excluding carboxylic acids is 1. The minimum absolute atomic E-state index is 0.254. The van der Waals surface area contributed by atoms with Crippen LogP contribution in [0.2, 0.25) is 0 Å². The van der Waals surface area contributed by atoms with E-state index in [2.05, 4.69) is 15.3 Å². The van der Waals surface area contributed by atoms with Crippen LogP contribution in [0, 0.1) is 19.3 Å². The van der Waals surface area contributed by atoms with Gasteiger partial charge in [0.05, 0.1) is 31.1 Å². The lowest BCUT2D eigenvalue weighted by atomic mass is 10.0. The van der Waals surface area contributed by atoms with E-state index in [0.717, 1.165) is 34.4 Å². The topological polar surface area (TPSA) is 111 Å². The quantitative estimate of drug-likeness (QED) is 0.258. The number of amides is 1. The van der Waals surface area contributed by atoms with Crippen molar-refractivity contribution in [2.75, 3.05) is 24.4 Å². The van der Waals surface area contributed by atoms with Crippen LogP contribution in [0.5, 0.6) is 0 Å². The molecule has 0 bridgehead atoms. The van der Waals surface area contributed by atoms with Crippen LogP contribution in [-0.2, 0) is 22.6 Å². The number of nitrogens with zero attached hydrogens (tertiary/aromatic N) is 3. The average Bonchev–Trinajstić information content (AvgIpc) is 2.72. The molecular weight excluding hydrogens is 394 g/mol. The summed E-state index contributed by atoms with van der Waals surface area (Å²) in [6, 6.07) is 5.86. The van der Waals surface area contributed by atoms with Crippen LogP contribution in [-0.4, -0.2) is 42.3 Å². The van der Waals surface area contributed by atoms with Crippen LogP contribution >= 0.6 is 0 Å². The van der Waals surface area contributed by atoms with Crippen molar-refractivity contribution in [2.24, 2.45) is 4.99 Å². The highest BCUT2D eigenvalue weighted by molar-refractivity contribution is 6.24. The molecule has 1 aromatic heterocycles. The molecule has 3 N–H and O–H groups in total. The van der Waals surface area contributed by atoms with Crippen LogP contribution in [0.1, 0.15) is 29.2 Å². The molecule has 8 heteroatoms. The second kappa shape index (κ2) is 11.0. The summed E-state index contributed by atoms with van der Waals surface area (Å²) < 4.78 is 5.19. The van der Waals surface area contributed by atoms with Crippen molar-refractivity contribution in [3.8, 4) is 0 Å². The molecular formula is C23H29N5O3. The minimum atomic E-state index is -0.640. The molecule has 8 nitrogen and oxygen atoms in total. The maximum atomic E-state index is 12.5. The first-order chi connectivity index (χ1) is 14.8. The molecule has 0 radical (unpaired) electrons. The van der Waals surface area contributed by atoms with Gasteiger partial charge in [0.1, 0.15) is 5.57 Å². The molecule has 0 saturated carbocycles. The Hall–Kier alpha value is -3.52. The summed E-state index contributed by atoms with van der Waals surface area (Å²) in [5, 5.41) is 20.3. The summed E-state index contributed by atoms with van der Waals surface area (Å²) in [5.41, 5.74) is 5.28. The molecule has 0 aliphatic heterocycles. The van der Waals surface area contributed by atoms with E-state index >= 15 is 0 Å². The molecule has 0 saturated heterocycles. The normalized spacial score (nSPS) is 11.6. The SMILES string of the molecule is CCc1cncc(NC(=O)/C(=C\O)C(=N)N=CN(C)c2c(C)cc(COC)cc2C)c1. The molecule has 31 heavy (non-hydrogen) atoms. The van der Waals surface area contributed by atoms with Crippen molar-refractivity contribution >= 4 is 29.5 Å². The Kier molecular flexibility index (Phi) is 8.45. The summed E-state index contributed by atoms with van der Waals surface area (Å²) in [6.45, 7) is 6.49. The van der Waals surface area contributed by atoms with E-state index in [1.807, 2.05) is 40.0 Å². The largest absolute Gasteiger partial charge is 0.515 e. The molecule has 0 aliphatic rings. The number of pyridine rings is 1. The molecule has 2 rings (SSSR count). The fourth-order valence-corrected chi connectivity index (χ4v) is 3.30. The summed E-state index contributed by atoms with van der Waals surface area (Å²) in [7, 11) is 3.47. The van der Waals surface area contributed by atoms with Gasteiger partial charge < -0.3 is 20.1 Å². The number of ether oxygens (including phenoxy) is 1. The van der Waals surface area contributed by atoms with Crippen LogP contribution in [0.3, 0.4) is 0 Å². The van der Waals surface area contributed by atoms with Gasteiger partial charge in [0.25, 0.3) is 5.91 Å². The van der Waals surface area contributed by atoms with Crippen LogP contribution < -0.4 is 10.2 Å². The number of aryl methyl sites for hydroxylation is 3. The Labute approximate surface area is 182 Å². The lowest BCUT2D eigenvalue weighted by molar-refractivity contribution is -0.112. The highest BCUT2D eigenvalue weighted by Gasteiger charge is 2.16. The van der Waals surface area contributed by atoms with Crippen molar-refractivity contribution in [1.29, 1.82) is 5.41 Å². The third-order valence-corrected chi connectivity index (χ3v) is 4.66. The van der Waals surface area contributed by atoms with Gasteiger partial charge in [0, 0.05) is 26.0 Å². The first kappa shape index (κ1) is 23.8. The monoisotopic (exact) mass is 423 g/mol. The Morgan fingerprint density at radius 1 is 1.26 bits per heavy atom. The predicted molar refractivity (Wildman–Crippen MR) is 124 cm³/mol. The number of aliphatic hydroxyl groups is 1. The standard InChI is InChI=1S/C23H29N5O3/c1-6-17-9-19(11-25-10-17)27-23(30)20(12-29)22(24)26-14-28(4)21-15(2)7-18(13-31-5)8-16(21)3/h7-12,14,24,29H,6,13H2,1-5H3,(H,27,30)/b20-12-,24-22?,26-14?. The van der Waals surface area contributed by atoms with Gasteiger partial charge in [-0.15, -0.1) is 0 Å². The number of nitrogens with one attached hydrogen (secondary N) is 2. The average molecular weight is 424 g/mol. The number of aromatic nitrogens is 1. The Morgan fingerprint density at radius 3 is 2.52 bits per heavy atom. The Bertz CT molecular complexity index is 991. The first-order valence-electron chi connectivity index (χ1n) is 9.85. The number of aliphatic hydroxyl groups excluding tert-OH is 1. The second-order valence-electron chi connectivity index (χ2n) is 7.15. The molecule has 0 spiro atoms. The van der Waals surface area contributed by atoms with Crippen molar-refractivity contribution in [3.63, 3.8) is 0 Å². The summed E-state index contributed by atoms with van der Waals surface area (Å²) >= 11 is 0. The Morgan fingerprint density at radius 2 is 1.94 bits per heavy atom. The van der Waals surface area contributed by atoms with Crippen molar-refractivity contribution < 1.29 is 14.6 Å². The van der Waals surface area contributed by atoms with E-state index < -0.39 is 5.91 Å². The van der Waals surface area contributed by atoms with Gasteiger partial charge in [-0.05, 0) is 48.6 Å². The molecule has 1 amide bonds. The minimum Gasteiger partial charge on any atom is -0.515 e. The van der Waals surface area contributed by atoms with E-state index in [9.17, 15) is 9.90 Å². The van der Waals surface area contributed by atoms with Gasteiger partial charge in [-0.1, -0.05) is 19.1 Å². The third-order valence-electron chi connectivity index (χ3n) is 4.66. The number of benzene rings is 1. The van der Waals surface area contributed by atoms with Gasteiger partial charge >= 0.3 is 0 Å². The van der Waals surface area contributed by atoms with Gasteiger partial charge in [0.15, 0.2) is 5.84 Å². The Balaban J connectivity index is 2.13. The fourth-order valence-electron chi connectivity index (χ4n) is 3.30. The van der Waals surface area contributed by atoms with Crippen LogP contribution in [0.4, 0.5) is 11.4 Å². The number of methoxy groups -OCH3 is 1. The smallest absolute Gasteiger partial charge is 0.262 e. The highest BCUT2D eigenvalue weighted by Crippen LogP contribution is 2.25. The molecule has 1 heterocycles. The molecule has 0 fully saturated rings. The molecule has 2 aromatic rings. The fraction of sp³-hybridized carbons (Fsp3) is 0.304. The van der Waals surface area contributed by atoms with Gasteiger partial charge in [-0.3, -0.25) is 15.2 Å². The van der Waals surface area contributed by atoms with Gasteiger partial charge in [-0.2, -0.15) is 0 Å². The number of carbonyl (C=O) groups is 1. The molecule has 164 valence electrons. The van der Waals surface area contributed by atoms with Crippen molar-refractivity contribution in [1.82, 2.24) is 4.98 Å². The van der Waals surface area contributed by atoms with Crippen molar-refractivity contribution in [2.45, 2.75) is 33.8 Å². The first-order valence-corrected chi connectivity index (χ1v) is 9.85. The van der Waals surface area contributed by atoms with E-state index in [0.29, 0.717) is 18.6 Å². The lowest BCUT2D eigenvalue weighted by Crippen LogP contribution is -2.22. The van der Waals surface area contributed by atoms with Gasteiger partial charge in [-0.25, -0.2) is 4.99 Å². The summed E-state index contributed by atoms with van der Waals surface area (Å²) in [4.78, 5) is 22.4. The number of hydrogen-bond acceptors (Lipinski definition) is 5. The van der Waals surface area contributed by atoms with E-state index in [1.165, 1.54) is 12.5 Å².